The van der Waals surface area contributed by atoms with Gasteiger partial charge in [-0.25, -0.2) is 18.1 Å². The summed E-state index contributed by atoms with van der Waals surface area (Å²) in [5, 5.41) is 14.9. The molecule has 0 radical (unpaired) electrons. The highest BCUT2D eigenvalue weighted by atomic mass is 32.2. The van der Waals surface area contributed by atoms with E-state index in [-0.39, 0.29) is 17.5 Å². The first kappa shape index (κ1) is 26.5. The number of nitro groups is 1. The number of aromatic nitrogens is 1. The molecule has 1 fully saturated rings. The quantitative estimate of drug-likeness (QED) is 0.303. The molecule has 1 saturated heterocycles. The smallest absolute Gasteiger partial charge is 0.289 e. The van der Waals surface area contributed by atoms with Gasteiger partial charge in [-0.15, -0.1) is 0 Å². The van der Waals surface area contributed by atoms with E-state index >= 15 is 0 Å². The summed E-state index contributed by atoms with van der Waals surface area (Å²) in [7, 11) is -4.15. The van der Waals surface area contributed by atoms with E-state index in [2.05, 4.69) is 26.8 Å². The fraction of sp³-hybridized carbons (Fsp3) is 0.346. The van der Waals surface area contributed by atoms with E-state index in [1.165, 1.54) is 24.3 Å². The Morgan fingerprint density at radius 2 is 2.00 bits per heavy atom. The number of nitrogens with zero attached hydrogens (tertiary/aromatic N) is 3. The Labute approximate surface area is 216 Å². The van der Waals surface area contributed by atoms with Gasteiger partial charge in [0.15, 0.2) is 4.90 Å². The minimum absolute atomic E-state index is 0.0395. The van der Waals surface area contributed by atoms with Crippen molar-refractivity contribution in [3.05, 3.63) is 76.5 Å². The maximum absolute atomic E-state index is 13.2. The number of hydrogen-bond donors (Lipinski definition) is 2. The predicted octanol–water partition coefficient (Wildman–Crippen LogP) is 3.72. The van der Waals surface area contributed by atoms with Gasteiger partial charge in [0, 0.05) is 55.7 Å². The number of piperazine rings is 1. The van der Waals surface area contributed by atoms with E-state index < -0.39 is 20.6 Å². The summed E-state index contributed by atoms with van der Waals surface area (Å²) < 4.78 is 34.6. The average molecular weight is 526 g/mol. The van der Waals surface area contributed by atoms with Crippen molar-refractivity contribution in [2.24, 2.45) is 0 Å². The maximum Gasteiger partial charge on any atom is 0.289 e. The zero-order valence-corrected chi connectivity index (χ0v) is 21.7. The lowest BCUT2D eigenvalue weighted by Crippen LogP contribution is -2.51. The first-order valence-corrected chi connectivity index (χ1v) is 13.8. The van der Waals surface area contributed by atoms with Crippen molar-refractivity contribution in [2.75, 3.05) is 31.1 Å². The summed E-state index contributed by atoms with van der Waals surface area (Å²) in [6, 6.07) is 15.3. The molecule has 0 unspecified atom stereocenters. The third kappa shape index (κ3) is 5.90. The topological polar surface area (TPSA) is 127 Å². The zero-order chi connectivity index (χ0) is 26.4. The van der Waals surface area contributed by atoms with E-state index in [0.29, 0.717) is 12.5 Å². The molecular weight excluding hydrogens is 494 g/mol. The van der Waals surface area contributed by atoms with Crippen molar-refractivity contribution in [1.82, 2.24) is 15.0 Å². The molecule has 1 atom stereocenters. The number of pyridine rings is 1. The normalized spacial score (nSPS) is 15.9. The van der Waals surface area contributed by atoms with Crippen molar-refractivity contribution in [2.45, 2.75) is 37.8 Å². The molecule has 0 saturated carbocycles. The van der Waals surface area contributed by atoms with Crippen molar-refractivity contribution in [3.63, 3.8) is 0 Å². The van der Waals surface area contributed by atoms with E-state index in [1.807, 2.05) is 37.3 Å². The first-order chi connectivity index (χ1) is 17.9. The van der Waals surface area contributed by atoms with Crippen molar-refractivity contribution in [1.29, 1.82) is 0 Å². The molecule has 1 aliphatic heterocycles. The molecule has 2 heterocycles. The summed E-state index contributed by atoms with van der Waals surface area (Å²) >= 11 is 0. The third-order valence-corrected chi connectivity index (χ3v) is 7.83. The molecule has 0 bridgehead atoms. The van der Waals surface area contributed by atoms with Gasteiger partial charge in [0.1, 0.15) is 0 Å². The highest BCUT2D eigenvalue weighted by Gasteiger charge is 2.27. The van der Waals surface area contributed by atoms with Crippen LogP contribution < -0.4 is 19.7 Å². The number of anilines is 1. The van der Waals surface area contributed by atoms with Gasteiger partial charge in [-0.05, 0) is 54.8 Å². The van der Waals surface area contributed by atoms with Gasteiger partial charge in [-0.3, -0.25) is 10.1 Å². The van der Waals surface area contributed by atoms with E-state index in [1.54, 1.807) is 6.20 Å². The Bertz CT molecular complexity index is 1360. The molecule has 196 valence electrons. The van der Waals surface area contributed by atoms with Crippen LogP contribution in [0, 0.1) is 10.1 Å². The second-order valence-corrected chi connectivity index (χ2v) is 10.4. The van der Waals surface area contributed by atoms with E-state index in [4.69, 9.17) is 4.74 Å². The zero-order valence-electron chi connectivity index (χ0n) is 20.9. The van der Waals surface area contributed by atoms with Gasteiger partial charge in [0.25, 0.3) is 5.69 Å². The van der Waals surface area contributed by atoms with Gasteiger partial charge >= 0.3 is 0 Å². The Balaban J connectivity index is 1.74. The Hall–Kier alpha value is -3.54. The molecule has 10 nitrogen and oxygen atoms in total. The van der Waals surface area contributed by atoms with Crippen molar-refractivity contribution >= 4 is 21.4 Å². The Morgan fingerprint density at radius 3 is 2.76 bits per heavy atom. The van der Waals surface area contributed by atoms with Crippen LogP contribution in [0.1, 0.15) is 25.8 Å². The van der Waals surface area contributed by atoms with Crippen LogP contribution in [0.3, 0.4) is 0 Å². The van der Waals surface area contributed by atoms with E-state index in [0.717, 1.165) is 48.4 Å². The second kappa shape index (κ2) is 11.7. The lowest BCUT2D eigenvalue weighted by atomic mass is 10.00. The molecule has 1 aliphatic rings. The molecule has 3 aromatic rings. The first-order valence-electron chi connectivity index (χ1n) is 12.3. The molecule has 2 aromatic carbocycles. The number of rotatable bonds is 10. The molecule has 0 aliphatic carbocycles. The average Bonchev–Trinajstić information content (AvgIpc) is 2.92. The number of ether oxygens (including phenoxy) is 1. The summed E-state index contributed by atoms with van der Waals surface area (Å²) in [4.78, 5) is 17.0. The molecule has 0 amide bonds. The summed E-state index contributed by atoms with van der Waals surface area (Å²) in [5.74, 6) is 0.498. The minimum Gasteiger partial charge on any atom is -0.478 e. The monoisotopic (exact) mass is 525 g/mol. The van der Waals surface area contributed by atoms with E-state index in [9.17, 15) is 18.5 Å². The molecule has 11 heteroatoms. The fourth-order valence-corrected chi connectivity index (χ4v) is 5.74. The number of sulfonamides is 1. The van der Waals surface area contributed by atoms with Gasteiger partial charge in [-0.1, -0.05) is 25.1 Å². The number of nitrogens with one attached hydrogen (secondary N) is 2. The Kier molecular flexibility index (Phi) is 8.37. The Morgan fingerprint density at radius 1 is 1.19 bits per heavy atom. The van der Waals surface area contributed by atoms with Crippen LogP contribution in [0.2, 0.25) is 0 Å². The number of benzene rings is 2. The van der Waals surface area contributed by atoms with Gasteiger partial charge in [-0.2, -0.15) is 0 Å². The number of nitro benzene ring substituents is 1. The fourth-order valence-electron chi connectivity index (χ4n) is 4.57. The maximum atomic E-state index is 13.2. The van der Waals surface area contributed by atoms with Crippen LogP contribution >= 0.6 is 0 Å². The molecule has 2 N–H and O–H groups in total. The van der Waals surface area contributed by atoms with Crippen molar-refractivity contribution in [3.8, 4) is 17.0 Å². The third-order valence-electron chi connectivity index (χ3n) is 6.38. The van der Waals surface area contributed by atoms with Crippen LogP contribution in [0.5, 0.6) is 5.88 Å². The summed E-state index contributed by atoms with van der Waals surface area (Å²) in [6.45, 7) is 6.86. The van der Waals surface area contributed by atoms with Crippen LogP contribution in [0.15, 0.2) is 65.7 Å². The predicted molar refractivity (Wildman–Crippen MR) is 142 cm³/mol. The van der Waals surface area contributed by atoms with Crippen LogP contribution in [0.4, 0.5) is 11.4 Å². The molecular formula is C26H31N5O5S. The van der Waals surface area contributed by atoms with Crippen LogP contribution in [0.25, 0.3) is 11.1 Å². The van der Waals surface area contributed by atoms with Crippen molar-refractivity contribution < 1.29 is 18.1 Å². The standard InChI is InChI=1S/C26H31N5O5S/c1-3-21-18-27-14-15-30(21)23-12-11-19(22-8-7-13-28-26(22)36-4-2)16-20(23)17-29-37(34,35)25-10-6-5-9-24(25)31(32)33/h5-13,16,21,27,29H,3-4,14-15,17-18H2,1-2H3/t21-/m1/s1. The highest BCUT2D eigenvalue weighted by molar-refractivity contribution is 7.89. The molecule has 0 spiro atoms. The summed E-state index contributed by atoms with van der Waals surface area (Å²) in [6.07, 6.45) is 2.59. The molecule has 4 rings (SSSR count). The van der Waals surface area contributed by atoms with Gasteiger partial charge < -0.3 is 15.0 Å². The second-order valence-electron chi connectivity index (χ2n) is 8.64. The summed E-state index contributed by atoms with van der Waals surface area (Å²) in [5.41, 5.74) is 2.85. The molecule has 1 aromatic heterocycles. The lowest BCUT2D eigenvalue weighted by molar-refractivity contribution is -0.387. The van der Waals surface area contributed by atoms with Gasteiger partial charge in [0.2, 0.25) is 15.9 Å². The lowest BCUT2D eigenvalue weighted by Gasteiger charge is -2.39. The van der Waals surface area contributed by atoms with Crippen LogP contribution in [-0.4, -0.2) is 50.6 Å². The SMILES string of the molecule is CCOc1ncccc1-c1ccc(N2CCNC[C@H]2CC)c(CNS(=O)(=O)c2ccccc2[N+](=O)[O-])c1. The largest absolute Gasteiger partial charge is 0.478 e. The molecule has 37 heavy (non-hydrogen) atoms. The number of hydrogen-bond acceptors (Lipinski definition) is 8. The highest BCUT2D eigenvalue weighted by Crippen LogP contribution is 2.34. The number of para-hydroxylation sites is 1. The van der Waals surface area contributed by atoms with Gasteiger partial charge in [0.05, 0.1) is 11.5 Å². The van der Waals surface area contributed by atoms with Crippen LogP contribution in [-0.2, 0) is 16.6 Å². The minimum atomic E-state index is -4.15.